The van der Waals surface area contributed by atoms with E-state index in [1.54, 1.807) is 43.3 Å². The molecule has 122 valence electrons. The Hall–Kier alpha value is -3.65. The normalized spacial score (nSPS) is 11.1. The second-order valence-electron chi connectivity index (χ2n) is 5.54. The fourth-order valence-electron chi connectivity index (χ4n) is 2.46. The van der Waals surface area contributed by atoms with Gasteiger partial charge in [0.2, 0.25) is 0 Å². The largest absolute Gasteiger partial charge is 0.507 e. The van der Waals surface area contributed by atoms with Gasteiger partial charge in [-0.15, -0.1) is 0 Å². The first kappa shape index (κ1) is 16.2. The van der Waals surface area contributed by atoms with E-state index in [2.05, 4.69) is 10.5 Å². The van der Waals surface area contributed by atoms with Gasteiger partial charge in [-0.2, -0.15) is 10.4 Å². The molecule has 0 saturated heterocycles. The summed E-state index contributed by atoms with van der Waals surface area (Å²) in [5, 5.41) is 24.7. The predicted molar refractivity (Wildman–Crippen MR) is 96.4 cm³/mol. The monoisotopic (exact) mass is 329 g/mol. The number of rotatable bonds is 3. The van der Waals surface area contributed by atoms with Crippen LogP contribution in [-0.2, 0) is 0 Å². The molecule has 0 unspecified atom stereocenters. The number of aromatic hydroxyl groups is 1. The summed E-state index contributed by atoms with van der Waals surface area (Å²) in [6, 6.07) is 19.6. The molecule has 2 N–H and O–H groups in total. The summed E-state index contributed by atoms with van der Waals surface area (Å²) in [6.07, 6.45) is 0. The summed E-state index contributed by atoms with van der Waals surface area (Å²) >= 11 is 0. The number of amides is 1. The summed E-state index contributed by atoms with van der Waals surface area (Å²) in [7, 11) is 0. The molecule has 0 radical (unpaired) electrons. The molecule has 0 aromatic heterocycles. The van der Waals surface area contributed by atoms with Gasteiger partial charge in [0, 0.05) is 0 Å². The molecule has 0 spiro atoms. The predicted octanol–water partition coefficient (Wildman–Crippen LogP) is 3.57. The second-order valence-corrected chi connectivity index (χ2v) is 5.54. The second kappa shape index (κ2) is 6.85. The minimum Gasteiger partial charge on any atom is -0.507 e. The van der Waals surface area contributed by atoms with Crippen molar-refractivity contribution < 1.29 is 9.90 Å². The van der Waals surface area contributed by atoms with Crippen LogP contribution in [0.25, 0.3) is 10.8 Å². The van der Waals surface area contributed by atoms with Crippen molar-refractivity contribution in [1.29, 1.82) is 5.26 Å². The summed E-state index contributed by atoms with van der Waals surface area (Å²) in [5.74, 6) is -0.585. The maximum absolute atomic E-state index is 12.3. The molecule has 0 aliphatic rings. The lowest BCUT2D eigenvalue weighted by Gasteiger charge is -2.07. The molecule has 0 heterocycles. The quantitative estimate of drug-likeness (QED) is 0.569. The van der Waals surface area contributed by atoms with Gasteiger partial charge in [-0.1, -0.05) is 36.4 Å². The number of phenols is 1. The maximum Gasteiger partial charge on any atom is 0.275 e. The van der Waals surface area contributed by atoms with Crippen molar-refractivity contribution in [2.24, 2.45) is 5.10 Å². The highest BCUT2D eigenvalue weighted by atomic mass is 16.3. The molecule has 0 bridgehead atoms. The third kappa shape index (κ3) is 3.48. The number of phenolic OH excluding ortho intramolecular Hbond substituents is 1. The Morgan fingerprint density at radius 3 is 2.36 bits per heavy atom. The van der Waals surface area contributed by atoms with Gasteiger partial charge >= 0.3 is 0 Å². The van der Waals surface area contributed by atoms with Gasteiger partial charge in [0.25, 0.3) is 5.91 Å². The molecule has 0 saturated carbocycles. The molecule has 3 aromatic carbocycles. The van der Waals surface area contributed by atoms with Crippen molar-refractivity contribution in [3.05, 3.63) is 77.4 Å². The van der Waals surface area contributed by atoms with E-state index < -0.39 is 5.91 Å². The van der Waals surface area contributed by atoms with Gasteiger partial charge < -0.3 is 5.11 Å². The first-order chi connectivity index (χ1) is 12.1. The molecule has 5 heteroatoms. The highest BCUT2D eigenvalue weighted by Gasteiger charge is 2.12. The fourth-order valence-corrected chi connectivity index (χ4v) is 2.46. The maximum atomic E-state index is 12.3. The van der Waals surface area contributed by atoms with E-state index in [1.165, 1.54) is 0 Å². The zero-order chi connectivity index (χ0) is 17.8. The van der Waals surface area contributed by atoms with E-state index in [9.17, 15) is 9.90 Å². The minimum atomic E-state index is -0.490. The van der Waals surface area contributed by atoms with Crippen LogP contribution in [0.15, 0.2) is 65.8 Å². The van der Waals surface area contributed by atoms with Crippen molar-refractivity contribution >= 4 is 22.4 Å². The highest BCUT2D eigenvalue weighted by molar-refractivity contribution is 6.03. The van der Waals surface area contributed by atoms with Crippen LogP contribution in [0.1, 0.15) is 28.4 Å². The Bertz CT molecular complexity index is 1020. The Morgan fingerprint density at radius 2 is 1.72 bits per heavy atom. The van der Waals surface area contributed by atoms with Gasteiger partial charge in [0.1, 0.15) is 5.75 Å². The van der Waals surface area contributed by atoms with Crippen LogP contribution >= 0.6 is 0 Å². The average Bonchev–Trinajstić information content (AvgIpc) is 2.65. The van der Waals surface area contributed by atoms with Gasteiger partial charge in [-0.25, -0.2) is 5.43 Å². The number of nitrogens with zero attached hydrogens (tertiary/aromatic N) is 2. The standard InChI is InChI=1S/C20H15N3O2/c1-13(15-8-6-14(12-21)7-9-15)22-23-20(25)18-10-16-4-2-3-5-17(16)11-19(18)24/h2-11,24H,1H3,(H,23,25). The smallest absolute Gasteiger partial charge is 0.275 e. The molecule has 5 nitrogen and oxygen atoms in total. The lowest BCUT2D eigenvalue weighted by Crippen LogP contribution is -2.19. The summed E-state index contributed by atoms with van der Waals surface area (Å²) in [6.45, 7) is 1.75. The van der Waals surface area contributed by atoms with E-state index in [4.69, 9.17) is 5.26 Å². The van der Waals surface area contributed by atoms with Crippen molar-refractivity contribution in [1.82, 2.24) is 5.43 Å². The molecule has 0 aliphatic carbocycles. The molecule has 0 fully saturated rings. The van der Waals surface area contributed by atoms with Crippen LogP contribution in [0, 0.1) is 11.3 Å². The van der Waals surface area contributed by atoms with Crippen molar-refractivity contribution in [2.45, 2.75) is 6.92 Å². The fraction of sp³-hybridized carbons (Fsp3) is 0.0500. The van der Waals surface area contributed by atoms with Crippen molar-refractivity contribution in [3.63, 3.8) is 0 Å². The lowest BCUT2D eigenvalue weighted by atomic mass is 10.1. The van der Waals surface area contributed by atoms with Crippen LogP contribution in [0.4, 0.5) is 0 Å². The molecule has 3 rings (SSSR count). The number of hydrazone groups is 1. The van der Waals surface area contributed by atoms with E-state index in [1.807, 2.05) is 30.3 Å². The number of benzene rings is 3. The van der Waals surface area contributed by atoms with Gasteiger partial charge in [-0.3, -0.25) is 4.79 Å². The van der Waals surface area contributed by atoms with E-state index in [0.29, 0.717) is 11.3 Å². The molecular formula is C20H15N3O2. The lowest BCUT2D eigenvalue weighted by molar-refractivity contribution is 0.0952. The average molecular weight is 329 g/mol. The third-order valence-electron chi connectivity index (χ3n) is 3.87. The Kier molecular flexibility index (Phi) is 4.44. The van der Waals surface area contributed by atoms with Crippen LogP contribution < -0.4 is 5.43 Å². The number of nitrogens with one attached hydrogen (secondary N) is 1. The van der Waals surface area contributed by atoms with Gasteiger partial charge in [0.05, 0.1) is 22.9 Å². The Morgan fingerprint density at radius 1 is 1.08 bits per heavy atom. The molecule has 0 atom stereocenters. The number of hydrogen-bond acceptors (Lipinski definition) is 4. The topological polar surface area (TPSA) is 85.5 Å². The Balaban J connectivity index is 1.82. The minimum absolute atomic E-state index is 0.0950. The molecule has 0 aliphatic heterocycles. The van der Waals surface area contributed by atoms with Crippen molar-refractivity contribution in [3.8, 4) is 11.8 Å². The number of carbonyl (C=O) groups is 1. The summed E-state index contributed by atoms with van der Waals surface area (Å²) in [5.41, 5.74) is 4.56. The molecule has 3 aromatic rings. The highest BCUT2D eigenvalue weighted by Crippen LogP contribution is 2.24. The SMILES string of the molecule is CC(=NNC(=O)c1cc2ccccc2cc1O)c1ccc(C#N)cc1. The first-order valence-electron chi connectivity index (χ1n) is 7.65. The van der Waals surface area contributed by atoms with Gasteiger partial charge in [-0.05, 0) is 47.5 Å². The van der Waals surface area contributed by atoms with Crippen molar-refractivity contribution in [2.75, 3.05) is 0 Å². The van der Waals surface area contributed by atoms with Crippen LogP contribution in [0.2, 0.25) is 0 Å². The Labute approximate surface area is 144 Å². The van der Waals surface area contributed by atoms with E-state index in [-0.39, 0.29) is 11.3 Å². The van der Waals surface area contributed by atoms with E-state index in [0.717, 1.165) is 16.3 Å². The van der Waals surface area contributed by atoms with Crippen LogP contribution in [0.3, 0.4) is 0 Å². The number of fused-ring (bicyclic) bond motifs is 1. The number of nitriles is 1. The van der Waals surface area contributed by atoms with Gasteiger partial charge in [0.15, 0.2) is 0 Å². The summed E-state index contributed by atoms with van der Waals surface area (Å²) in [4.78, 5) is 12.3. The number of carbonyl (C=O) groups excluding carboxylic acids is 1. The third-order valence-corrected chi connectivity index (χ3v) is 3.87. The zero-order valence-corrected chi connectivity index (χ0v) is 13.5. The summed E-state index contributed by atoms with van der Waals surface area (Å²) < 4.78 is 0. The van der Waals surface area contributed by atoms with Crippen LogP contribution in [0.5, 0.6) is 5.75 Å². The first-order valence-corrected chi connectivity index (χ1v) is 7.65. The van der Waals surface area contributed by atoms with Crippen LogP contribution in [-0.4, -0.2) is 16.7 Å². The molecule has 25 heavy (non-hydrogen) atoms. The molecule has 1 amide bonds. The number of hydrogen-bond donors (Lipinski definition) is 2. The zero-order valence-electron chi connectivity index (χ0n) is 13.5. The molecular weight excluding hydrogens is 314 g/mol. The van der Waals surface area contributed by atoms with E-state index >= 15 is 0 Å².